The van der Waals surface area contributed by atoms with Crippen molar-refractivity contribution in [3.05, 3.63) is 77.2 Å². The van der Waals surface area contributed by atoms with Gasteiger partial charge in [-0.05, 0) is 55.0 Å². The number of nitrogens with zero attached hydrogens (tertiary/aromatic N) is 2. The van der Waals surface area contributed by atoms with Crippen molar-refractivity contribution in [1.29, 1.82) is 0 Å². The summed E-state index contributed by atoms with van der Waals surface area (Å²) in [5.74, 6) is -0.702. The highest BCUT2D eigenvalue weighted by Gasteiger charge is 2.15. The molecule has 0 aliphatic rings. The van der Waals surface area contributed by atoms with Crippen molar-refractivity contribution >= 4 is 25.3 Å². The van der Waals surface area contributed by atoms with E-state index in [9.17, 15) is 13.8 Å². The van der Waals surface area contributed by atoms with Crippen LogP contribution in [0.4, 0.5) is 10.1 Å². The van der Waals surface area contributed by atoms with Crippen LogP contribution in [0, 0.1) is 12.7 Å². The molecular weight excluding hydrogens is 408 g/mol. The monoisotopic (exact) mass is 429 g/mol. The lowest BCUT2D eigenvalue weighted by Gasteiger charge is -2.06. The zero-order chi connectivity index (χ0) is 21.9. The Balaban J connectivity index is 1.75. The summed E-state index contributed by atoms with van der Waals surface area (Å²) in [6, 6.07) is 12.3. The molecule has 156 valence electrons. The molecule has 3 N–H and O–H groups in total. The quantitative estimate of drug-likeness (QED) is 0.408. The predicted molar refractivity (Wildman–Crippen MR) is 113 cm³/mol. The molecule has 3 aromatic rings. The van der Waals surface area contributed by atoms with Crippen molar-refractivity contribution in [1.82, 2.24) is 9.78 Å². The van der Waals surface area contributed by atoms with Crippen molar-refractivity contribution < 1.29 is 23.5 Å². The normalized spacial score (nSPS) is 11.8. The number of benzene rings is 2. The van der Waals surface area contributed by atoms with Gasteiger partial charge in [0, 0.05) is 29.9 Å². The van der Waals surface area contributed by atoms with Crippen molar-refractivity contribution in [3.63, 3.8) is 0 Å². The molecule has 0 aliphatic carbocycles. The maximum atomic E-state index is 13.2. The van der Waals surface area contributed by atoms with Gasteiger partial charge in [0.15, 0.2) is 0 Å². The number of rotatable bonds is 6. The Kier molecular flexibility index (Phi) is 6.31. The van der Waals surface area contributed by atoms with E-state index in [1.54, 1.807) is 54.2 Å². The van der Waals surface area contributed by atoms with E-state index in [-0.39, 0.29) is 17.9 Å². The van der Waals surface area contributed by atoms with Crippen LogP contribution in [0.15, 0.2) is 54.6 Å². The molecule has 0 saturated carbocycles. The smallest absolute Gasteiger partial charge is 0.324 e. The molecule has 7 nitrogen and oxygen atoms in total. The Bertz CT molecular complexity index is 1130. The first kappa shape index (κ1) is 21.6. The van der Waals surface area contributed by atoms with Gasteiger partial charge >= 0.3 is 7.60 Å². The summed E-state index contributed by atoms with van der Waals surface area (Å²) < 4.78 is 26.0. The highest BCUT2D eigenvalue weighted by atomic mass is 31.2. The molecule has 0 bridgehead atoms. The molecule has 0 atom stereocenters. The molecule has 0 spiro atoms. The molecule has 30 heavy (non-hydrogen) atoms. The second kappa shape index (κ2) is 8.75. The molecule has 1 heterocycles. The first-order valence-electron chi connectivity index (χ1n) is 9.04. The molecule has 3 rings (SSSR count). The van der Waals surface area contributed by atoms with Gasteiger partial charge in [0.05, 0.1) is 17.5 Å². The number of hydrogen-bond donors (Lipinski definition) is 3. The van der Waals surface area contributed by atoms with Crippen molar-refractivity contribution in [2.45, 2.75) is 13.1 Å². The Morgan fingerprint density at radius 3 is 2.40 bits per heavy atom. The minimum atomic E-state index is -4.14. The van der Waals surface area contributed by atoms with Crippen LogP contribution in [-0.4, -0.2) is 25.5 Å². The third-order valence-electron chi connectivity index (χ3n) is 4.40. The van der Waals surface area contributed by atoms with Crippen LogP contribution in [0.5, 0.6) is 0 Å². The van der Waals surface area contributed by atoms with Gasteiger partial charge in [-0.3, -0.25) is 14.0 Å². The van der Waals surface area contributed by atoms with Gasteiger partial charge in [0.1, 0.15) is 5.82 Å². The van der Waals surface area contributed by atoms with E-state index in [0.717, 1.165) is 22.5 Å². The summed E-state index contributed by atoms with van der Waals surface area (Å²) in [4.78, 5) is 30.3. The lowest BCUT2D eigenvalue weighted by Crippen LogP contribution is -2.07. The van der Waals surface area contributed by atoms with E-state index < -0.39 is 7.60 Å². The molecule has 1 aromatic heterocycles. The van der Waals surface area contributed by atoms with Crippen LogP contribution in [0.25, 0.3) is 17.3 Å². The molecule has 0 fully saturated rings. The standard InChI is InChI=1S/C21H21FN3O4P/c1-14-19(21(25(2)24-14)16-5-7-17(22)8-6-16)11-12-20(26)23-18-9-3-15(4-10-18)13-30(27,28)29/h3-12H,13H2,1-2H3,(H,23,26)(H2,27,28,29)/b12-11+. The predicted octanol–water partition coefficient (Wildman–Crippen LogP) is 3.86. The molecule has 0 aliphatic heterocycles. The molecule has 1 amide bonds. The Morgan fingerprint density at radius 2 is 1.80 bits per heavy atom. The molecule has 2 aromatic carbocycles. The van der Waals surface area contributed by atoms with Gasteiger partial charge in [0.25, 0.3) is 0 Å². The SMILES string of the molecule is Cc1nn(C)c(-c2ccc(F)cc2)c1/C=C/C(=O)Nc1ccc(CP(=O)(O)O)cc1. The topological polar surface area (TPSA) is 104 Å². The number of carbonyl (C=O) groups excluding carboxylic acids is 1. The molecule has 0 radical (unpaired) electrons. The molecule has 0 saturated heterocycles. The van der Waals surface area contributed by atoms with Crippen molar-refractivity contribution in [2.24, 2.45) is 7.05 Å². The van der Waals surface area contributed by atoms with Gasteiger partial charge in [-0.1, -0.05) is 12.1 Å². The maximum Gasteiger partial charge on any atom is 0.329 e. The average Bonchev–Trinajstić information content (AvgIpc) is 2.94. The van der Waals surface area contributed by atoms with Crippen LogP contribution in [0.3, 0.4) is 0 Å². The van der Waals surface area contributed by atoms with E-state index in [2.05, 4.69) is 10.4 Å². The summed E-state index contributed by atoms with van der Waals surface area (Å²) in [5.41, 5.74) is 3.99. The fourth-order valence-corrected chi connectivity index (χ4v) is 3.78. The highest BCUT2D eigenvalue weighted by molar-refractivity contribution is 7.50. The maximum absolute atomic E-state index is 13.2. The van der Waals surface area contributed by atoms with Crippen molar-refractivity contribution in [2.75, 3.05) is 5.32 Å². The number of nitrogens with one attached hydrogen (secondary N) is 1. The van der Waals surface area contributed by atoms with E-state index in [0.29, 0.717) is 11.3 Å². The highest BCUT2D eigenvalue weighted by Crippen LogP contribution is 2.39. The largest absolute Gasteiger partial charge is 0.329 e. The zero-order valence-electron chi connectivity index (χ0n) is 16.4. The summed E-state index contributed by atoms with van der Waals surface area (Å²) >= 11 is 0. The van der Waals surface area contributed by atoms with Crippen LogP contribution in [0.1, 0.15) is 16.8 Å². The zero-order valence-corrected chi connectivity index (χ0v) is 17.3. The van der Waals surface area contributed by atoms with Crippen LogP contribution < -0.4 is 5.32 Å². The number of hydrogen-bond acceptors (Lipinski definition) is 3. The van der Waals surface area contributed by atoms with Crippen LogP contribution >= 0.6 is 7.60 Å². The van der Waals surface area contributed by atoms with Crippen molar-refractivity contribution in [3.8, 4) is 11.3 Å². The molecule has 0 unspecified atom stereocenters. The lowest BCUT2D eigenvalue weighted by atomic mass is 10.1. The lowest BCUT2D eigenvalue weighted by molar-refractivity contribution is -0.111. The number of carbonyl (C=O) groups is 1. The molecular formula is C21H21FN3O4P. The first-order chi connectivity index (χ1) is 14.1. The summed E-state index contributed by atoms with van der Waals surface area (Å²) in [6.07, 6.45) is 2.67. The second-order valence-electron chi connectivity index (χ2n) is 6.82. The first-order valence-corrected chi connectivity index (χ1v) is 10.8. The fourth-order valence-electron chi connectivity index (χ4n) is 3.10. The van der Waals surface area contributed by atoms with Gasteiger partial charge in [0.2, 0.25) is 5.91 Å². The minimum Gasteiger partial charge on any atom is -0.324 e. The summed E-state index contributed by atoms with van der Waals surface area (Å²) in [7, 11) is -2.36. The van der Waals surface area contributed by atoms with E-state index in [1.165, 1.54) is 18.2 Å². The number of amides is 1. The second-order valence-corrected chi connectivity index (χ2v) is 8.47. The third kappa shape index (κ3) is 5.51. The number of anilines is 1. The van der Waals surface area contributed by atoms with Gasteiger partial charge < -0.3 is 15.1 Å². The number of halogens is 1. The minimum absolute atomic E-state index is 0.332. The van der Waals surface area contributed by atoms with Crippen LogP contribution in [-0.2, 0) is 22.6 Å². The average molecular weight is 429 g/mol. The van der Waals surface area contributed by atoms with E-state index in [1.807, 2.05) is 6.92 Å². The summed E-state index contributed by atoms with van der Waals surface area (Å²) in [5, 5.41) is 7.09. The Morgan fingerprint density at radius 1 is 1.17 bits per heavy atom. The molecule has 9 heteroatoms. The van der Waals surface area contributed by atoms with E-state index >= 15 is 0 Å². The van der Waals surface area contributed by atoms with Gasteiger partial charge in [-0.15, -0.1) is 0 Å². The van der Waals surface area contributed by atoms with Gasteiger partial charge in [-0.25, -0.2) is 4.39 Å². The number of aryl methyl sites for hydroxylation is 2. The fraction of sp³-hybridized carbons (Fsp3) is 0.143. The van der Waals surface area contributed by atoms with E-state index in [4.69, 9.17) is 9.79 Å². The number of aromatic nitrogens is 2. The van der Waals surface area contributed by atoms with Crippen LogP contribution in [0.2, 0.25) is 0 Å². The Hall–Kier alpha value is -3.06. The Labute approximate surface area is 173 Å². The summed E-state index contributed by atoms with van der Waals surface area (Å²) in [6.45, 7) is 1.82. The third-order valence-corrected chi connectivity index (χ3v) is 5.17. The van der Waals surface area contributed by atoms with Gasteiger partial charge in [-0.2, -0.15) is 5.10 Å².